The van der Waals surface area contributed by atoms with Crippen LogP contribution in [0.15, 0.2) is 11.6 Å². The Morgan fingerprint density at radius 3 is 2.50 bits per heavy atom. The van der Waals surface area contributed by atoms with Gasteiger partial charge in [-0.25, -0.2) is 9.78 Å². The summed E-state index contributed by atoms with van der Waals surface area (Å²) in [6, 6.07) is 0. The van der Waals surface area contributed by atoms with Crippen molar-refractivity contribution in [2.45, 2.75) is 46.8 Å². The summed E-state index contributed by atoms with van der Waals surface area (Å²) in [6.45, 7) is 7.09. The molecule has 1 unspecified atom stereocenters. The second kappa shape index (κ2) is 6.71. The predicted octanol–water partition coefficient (Wildman–Crippen LogP) is 3.59. The van der Waals surface area contributed by atoms with Gasteiger partial charge in [0.1, 0.15) is 19.0 Å². The van der Waals surface area contributed by atoms with Crippen LogP contribution >= 0.6 is 9.24 Å². The van der Waals surface area contributed by atoms with Crippen molar-refractivity contribution >= 4 is 9.24 Å². The van der Waals surface area contributed by atoms with Gasteiger partial charge in [0.05, 0.1) is 0 Å². The lowest BCUT2D eigenvalue weighted by Crippen LogP contribution is -2.13. The van der Waals surface area contributed by atoms with Gasteiger partial charge in [-0.15, -0.1) is 9.24 Å². The predicted molar refractivity (Wildman–Crippen MR) is 83.8 cm³/mol. The van der Waals surface area contributed by atoms with E-state index in [2.05, 4.69) is 36.1 Å². The number of hydrogen-bond acceptors (Lipinski definition) is 3. The van der Waals surface area contributed by atoms with Gasteiger partial charge in [0.2, 0.25) is 0 Å². The Morgan fingerprint density at radius 2 is 1.90 bits per heavy atom. The molecule has 0 aromatic heterocycles. The first-order valence-corrected chi connectivity index (χ1v) is 7.86. The second-order valence-electron chi connectivity index (χ2n) is 5.22. The summed E-state index contributed by atoms with van der Waals surface area (Å²) in [5.74, 6) is 0.388. The number of rotatable bonds is 4. The molecule has 0 radical (unpaired) electrons. The van der Waals surface area contributed by atoms with E-state index in [1.54, 1.807) is 0 Å². The van der Waals surface area contributed by atoms with Crippen molar-refractivity contribution in [3.8, 4) is 5.75 Å². The molecule has 0 aliphatic carbocycles. The number of hydrogen-bond donors (Lipinski definition) is 1. The van der Waals surface area contributed by atoms with Crippen LogP contribution in [0, 0.1) is 6.92 Å². The van der Waals surface area contributed by atoms with Crippen LogP contribution in [0.4, 0.5) is 0 Å². The van der Waals surface area contributed by atoms with E-state index in [0.29, 0.717) is 19.0 Å². The Bertz CT molecular complexity index is 535. The third kappa shape index (κ3) is 2.90. The molecule has 2 rings (SSSR count). The third-order valence-electron chi connectivity index (χ3n) is 4.03. The molecule has 1 aliphatic rings. The molecule has 1 aliphatic heterocycles. The van der Waals surface area contributed by atoms with E-state index in [1.165, 1.54) is 16.7 Å². The fourth-order valence-electron chi connectivity index (χ4n) is 2.71. The first-order valence-electron chi connectivity index (χ1n) is 7.05. The molecule has 3 nitrogen and oxygen atoms in total. The number of phenolic OH excluding ortho intramolecular Hbond substituents is 1. The molecule has 0 spiro atoms. The number of allylic oxidation sites excluding steroid dienone is 2. The number of fused-ring (bicyclic) bond motifs is 1. The quantitative estimate of drug-likeness (QED) is 0.524. The molecule has 0 bridgehead atoms. The molecule has 20 heavy (non-hydrogen) atoms. The lowest BCUT2D eigenvalue weighted by Gasteiger charge is -2.24. The Morgan fingerprint density at radius 1 is 1.25 bits per heavy atom. The van der Waals surface area contributed by atoms with Crippen molar-refractivity contribution in [3.63, 3.8) is 0 Å². The van der Waals surface area contributed by atoms with E-state index in [-0.39, 0.29) is 0 Å². The fourth-order valence-corrected chi connectivity index (χ4v) is 2.88. The lowest BCUT2D eigenvalue weighted by atomic mass is 9.88. The fraction of sp³-hybridized carbons (Fsp3) is 0.500. The van der Waals surface area contributed by atoms with Crippen molar-refractivity contribution in [2.24, 2.45) is 0 Å². The standard InChI is InChI=1S/C16H23O3P/c1-4-12-11(3)14-7-18-19-8-15(14)16(17)13(12)6-5-10(2)9-20/h5,17H,4,6-9,20H2,1-3H3/b10-5+. The summed E-state index contributed by atoms with van der Waals surface area (Å²) in [7, 11) is 2.73. The van der Waals surface area contributed by atoms with E-state index >= 15 is 0 Å². The normalized spacial score (nSPS) is 15.3. The first kappa shape index (κ1) is 15.5. The van der Waals surface area contributed by atoms with E-state index in [9.17, 15) is 5.11 Å². The van der Waals surface area contributed by atoms with Crippen molar-refractivity contribution < 1.29 is 14.9 Å². The number of benzene rings is 1. The van der Waals surface area contributed by atoms with Crippen molar-refractivity contribution in [2.75, 3.05) is 6.16 Å². The van der Waals surface area contributed by atoms with Crippen LogP contribution in [0.25, 0.3) is 0 Å². The molecule has 0 saturated carbocycles. The molecule has 1 aromatic rings. The van der Waals surface area contributed by atoms with Crippen LogP contribution in [0.1, 0.15) is 41.7 Å². The average Bonchev–Trinajstić information content (AvgIpc) is 2.49. The van der Waals surface area contributed by atoms with E-state index in [0.717, 1.165) is 35.7 Å². The average molecular weight is 294 g/mol. The highest BCUT2D eigenvalue weighted by atomic mass is 31.0. The highest BCUT2D eigenvalue weighted by Gasteiger charge is 2.23. The molecule has 1 heterocycles. The van der Waals surface area contributed by atoms with E-state index in [4.69, 9.17) is 9.78 Å². The van der Waals surface area contributed by atoms with E-state index in [1.807, 2.05) is 0 Å². The molecule has 4 heteroatoms. The highest BCUT2D eigenvalue weighted by Crippen LogP contribution is 2.37. The monoisotopic (exact) mass is 294 g/mol. The van der Waals surface area contributed by atoms with Crippen molar-refractivity contribution in [1.29, 1.82) is 0 Å². The van der Waals surface area contributed by atoms with Gasteiger partial charge >= 0.3 is 0 Å². The Balaban J connectivity index is 2.52. The maximum atomic E-state index is 10.6. The van der Waals surface area contributed by atoms with Gasteiger partial charge in [0.15, 0.2) is 0 Å². The van der Waals surface area contributed by atoms with Crippen LogP contribution < -0.4 is 0 Å². The molecule has 1 aromatic carbocycles. The van der Waals surface area contributed by atoms with Crippen LogP contribution in [0.3, 0.4) is 0 Å². The van der Waals surface area contributed by atoms with Crippen LogP contribution in [0.2, 0.25) is 0 Å². The van der Waals surface area contributed by atoms with Gasteiger partial charge in [-0.05, 0) is 49.5 Å². The number of aromatic hydroxyl groups is 1. The van der Waals surface area contributed by atoms with Gasteiger partial charge in [-0.3, -0.25) is 0 Å². The Kier molecular flexibility index (Phi) is 5.20. The van der Waals surface area contributed by atoms with Gasteiger partial charge in [0.25, 0.3) is 0 Å². The zero-order chi connectivity index (χ0) is 14.7. The zero-order valence-corrected chi connectivity index (χ0v) is 13.6. The first-order chi connectivity index (χ1) is 9.60. The van der Waals surface area contributed by atoms with Crippen molar-refractivity contribution in [1.82, 2.24) is 0 Å². The Labute approximate surface area is 123 Å². The van der Waals surface area contributed by atoms with Gasteiger partial charge < -0.3 is 5.11 Å². The van der Waals surface area contributed by atoms with Crippen LogP contribution in [-0.4, -0.2) is 11.3 Å². The molecule has 0 fully saturated rings. The second-order valence-corrected chi connectivity index (χ2v) is 5.63. The Hall–Kier alpha value is -0.890. The molecule has 0 saturated heterocycles. The number of phenols is 1. The summed E-state index contributed by atoms with van der Waals surface area (Å²) in [4.78, 5) is 10.1. The van der Waals surface area contributed by atoms with Crippen LogP contribution in [0.5, 0.6) is 5.75 Å². The van der Waals surface area contributed by atoms with Gasteiger partial charge in [-0.2, -0.15) is 0 Å². The summed E-state index contributed by atoms with van der Waals surface area (Å²) < 4.78 is 0. The molecular weight excluding hydrogens is 271 g/mol. The highest BCUT2D eigenvalue weighted by molar-refractivity contribution is 7.16. The minimum atomic E-state index is 0.325. The van der Waals surface area contributed by atoms with Gasteiger partial charge in [0, 0.05) is 11.1 Å². The lowest BCUT2D eigenvalue weighted by molar-refractivity contribution is -0.322. The molecular formula is C16H23O3P. The molecule has 1 atom stereocenters. The summed E-state index contributed by atoms with van der Waals surface area (Å²) in [6.07, 6.45) is 4.83. The molecule has 0 amide bonds. The SMILES string of the molecule is CCc1c(C)c2c(c(O)c1C/C=C(\C)CP)COOC2. The maximum absolute atomic E-state index is 10.6. The third-order valence-corrected chi connectivity index (χ3v) is 4.67. The molecule has 1 N–H and O–H groups in total. The zero-order valence-electron chi connectivity index (χ0n) is 12.5. The minimum Gasteiger partial charge on any atom is -0.507 e. The minimum absolute atomic E-state index is 0.325. The maximum Gasteiger partial charge on any atom is 0.125 e. The van der Waals surface area contributed by atoms with Gasteiger partial charge in [-0.1, -0.05) is 18.6 Å². The van der Waals surface area contributed by atoms with Crippen LogP contribution in [-0.2, 0) is 35.8 Å². The van der Waals surface area contributed by atoms with Crippen molar-refractivity contribution in [3.05, 3.63) is 39.5 Å². The smallest absolute Gasteiger partial charge is 0.125 e. The topological polar surface area (TPSA) is 38.7 Å². The van der Waals surface area contributed by atoms with E-state index < -0.39 is 0 Å². The summed E-state index contributed by atoms with van der Waals surface area (Å²) in [5.41, 5.74) is 6.78. The largest absolute Gasteiger partial charge is 0.507 e. The summed E-state index contributed by atoms with van der Waals surface area (Å²) in [5, 5.41) is 10.6. The summed E-state index contributed by atoms with van der Waals surface area (Å²) >= 11 is 0. The molecule has 110 valence electrons.